The number of rotatable bonds is 4. The smallest absolute Gasteiger partial charge is 0.251 e. The van der Waals surface area contributed by atoms with E-state index in [4.69, 9.17) is 11.6 Å². The van der Waals surface area contributed by atoms with Crippen molar-refractivity contribution >= 4 is 33.4 Å². The first-order chi connectivity index (χ1) is 9.56. The molecule has 1 N–H and O–H groups in total. The highest BCUT2D eigenvalue weighted by atomic mass is 79.9. The van der Waals surface area contributed by atoms with E-state index in [2.05, 4.69) is 21.2 Å². The molecule has 0 atom stereocenters. The summed E-state index contributed by atoms with van der Waals surface area (Å²) in [5.41, 5.74) is 1.83. The van der Waals surface area contributed by atoms with Crippen LogP contribution >= 0.6 is 27.5 Å². The van der Waals surface area contributed by atoms with Crippen molar-refractivity contribution in [2.75, 3.05) is 12.4 Å². The molecular formula is C16H21BrClNO. The molecule has 1 fully saturated rings. The molecule has 1 aliphatic rings. The van der Waals surface area contributed by atoms with Crippen molar-refractivity contribution in [2.45, 2.75) is 39.0 Å². The van der Waals surface area contributed by atoms with Crippen molar-refractivity contribution in [2.24, 2.45) is 5.41 Å². The molecule has 20 heavy (non-hydrogen) atoms. The van der Waals surface area contributed by atoms with Crippen molar-refractivity contribution in [3.8, 4) is 0 Å². The Hall–Kier alpha value is -0.540. The minimum absolute atomic E-state index is 0.00469. The van der Waals surface area contributed by atoms with Crippen molar-refractivity contribution in [3.05, 3.63) is 33.8 Å². The molecule has 1 amide bonds. The third-order valence-corrected chi connectivity index (χ3v) is 5.31. The van der Waals surface area contributed by atoms with Gasteiger partial charge in [0.25, 0.3) is 5.91 Å². The van der Waals surface area contributed by atoms with Crippen LogP contribution < -0.4 is 5.32 Å². The molecular weight excluding hydrogens is 338 g/mol. The summed E-state index contributed by atoms with van der Waals surface area (Å²) in [7, 11) is 0. The van der Waals surface area contributed by atoms with Gasteiger partial charge in [0.2, 0.25) is 0 Å². The van der Waals surface area contributed by atoms with Gasteiger partial charge in [-0.15, -0.1) is 11.6 Å². The second kappa shape index (κ2) is 6.95. The van der Waals surface area contributed by atoms with Crippen LogP contribution in [-0.2, 0) is 0 Å². The Labute approximate surface area is 134 Å². The van der Waals surface area contributed by atoms with E-state index >= 15 is 0 Å². The Bertz CT molecular complexity index is 483. The summed E-state index contributed by atoms with van der Waals surface area (Å²) in [6.45, 7) is 2.64. The zero-order chi connectivity index (χ0) is 14.6. The Morgan fingerprint density at radius 3 is 2.65 bits per heavy atom. The van der Waals surface area contributed by atoms with Gasteiger partial charge in [0, 0.05) is 27.9 Å². The fourth-order valence-corrected chi connectivity index (χ4v) is 3.74. The van der Waals surface area contributed by atoms with Crippen molar-refractivity contribution in [1.82, 2.24) is 5.32 Å². The van der Waals surface area contributed by atoms with E-state index in [1.54, 1.807) is 0 Å². The summed E-state index contributed by atoms with van der Waals surface area (Å²) in [6, 6.07) is 5.73. The van der Waals surface area contributed by atoms with Crippen LogP contribution in [-0.4, -0.2) is 18.3 Å². The zero-order valence-corrected chi connectivity index (χ0v) is 14.2. The number of carbonyl (C=O) groups excluding carboxylic acids is 1. The predicted molar refractivity (Wildman–Crippen MR) is 87.5 cm³/mol. The van der Waals surface area contributed by atoms with Crippen LogP contribution in [0.4, 0.5) is 0 Å². The molecule has 1 aromatic carbocycles. The topological polar surface area (TPSA) is 29.1 Å². The molecule has 1 saturated carbocycles. The summed E-state index contributed by atoms with van der Waals surface area (Å²) in [4.78, 5) is 12.3. The maximum Gasteiger partial charge on any atom is 0.251 e. The maximum atomic E-state index is 12.3. The van der Waals surface area contributed by atoms with Crippen molar-refractivity contribution < 1.29 is 4.79 Å². The van der Waals surface area contributed by atoms with Crippen LogP contribution in [0.15, 0.2) is 22.7 Å². The number of hydrogen-bond donors (Lipinski definition) is 1. The molecule has 0 heterocycles. The number of benzene rings is 1. The maximum absolute atomic E-state index is 12.3. The molecule has 1 aliphatic carbocycles. The molecule has 4 heteroatoms. The number of nitrogens with one attached hydrogen (secondary N) is 1. The van der Waals surface area contributed by atoms with Gasteiger partial charge in [-0.2, -0.15) is 0 Å². The quantitative estimate of drug-likeness (QED) is 0.778. The summed E-state index contributed by atoms with van der Waals surface area (Å²) >= 11 is 9.58. The molecule has 110 valence electrons. The normalized spacial score (nSPS) is 17.8. The van der Waals surface area contributed by atoms with E-state index in [1.165, 1.54) is 19.3 Å². The minimum Gasteiger partial charge on any atom is -0.351 e. The third kappa shape index (κ3) is 3.76. The van der Waals surface area contributed by atoms with Crippen LogP contribution in [0.25, 0.3) is 0 Å². The molecule has 0 unspecified atom stereocenters. The lowest BCUT2D eigenvalue weighted by Gasteiger charge is -2.35. The molecule has 0 spiro atoms. The van der Waals surface area contributed by atoms with Gasteiger partial charge in [0.05, 0.1) is 0 Å². The van der Waals surface area contributed by atoms with Crippen LogP contribution in [0, 0.1) is 12.3 Å². The van der Waals surface area contributed by atoms with E-state index in [1.807, 2.05) is 25.1 Å². The lowest BCUT2D eigenvalue weighted by molar-refractivity contribution is 0.0920. The highest BCUT2D eigenvalue weighted by molar-refractivity contribution is 9.10. The first-order valence-corrected chi connectivity index (χ1v) is 8.49. The van der Waals surface area contributed by atoms with Gasteiger partial charge < -0.3 is 5.32 Å². The third-order valence-electron chi connectivity index (χ3n) is 4.25. The van der Waals surface area contributed by atoms with E-state index in [0.29, 0.717) is 12.4 Å². The van der Waals surface area contributed by atoms with Gasteiger partial charge >= 0.3 is 0 Å². The number of halogens is 2. The summed E-state index contributed by atoms with van der Waals surface area (Å²) in [6.07, 6.45) is 5.98. The molecule has 0 bridgehead atoms. The number of carbonyl (C=O) groups is 1. The Balaban J connectivity index is 2.00. The summed E-state index contributed by atoms with van der Waals surface area (Å²) in [5.74, 6) is 0.636. The molecule has 0 aliphatic heterocycles. The Kier molecular flexibility index (Phi) is 5.50. The second-order valence-electron chi connectivity index (χ2n) is 5.84. The second-order valence-corrected chi connectivity index (χ2v) is 7.02. The van der Waals surface area contributed by atoms with E-state index in [0.717, 1.165) is 28.4 Å². The van der Waals surface area contributed by atoms with E-state index < -0.39 is 0 Å². The zero-order valence-electron chi connectivity index (χ0n) is 11.8. The molecule has 0 radical (unpaired) electrons. The number of aryl methyl sites for hydroxylation is 1. The molecule has 1 aromatic rings. The van der Waals surface area contributed by atoms with Gasteiger partial charge in [0.1, 0.15) is 0 Å². The highest BCUT2D eigenvalue weighted by Gasteiger charge is 2.31. The molecule has 2 nitrogen and oxygen atoms in total. The van der Waals surface area contributed by atoms with Gasteiger partial charge in [-0.1, -0.05) is 35.2 Å². The SMILES string of the molecule is Cc1cc(Br)ccc1C(=O)NCC1(CCl)CCCCC1. The van der Waals surface area contributed by atoms with Gasteiger partial charge in [-0.3, -0.25) is 4.79 Å². The lowest BCUT2D eigenvalue weighted by Crippen LogP contribution is -2.40. The fourth-order valence-electron chi connectivity index (χ4n) is 2.90. The van der Waals surface area contributed by atoms with E-state index in [9.17, 15) is 4.79 Å². The number of hydrogen-bond acceptors (Lipinski definition) is 1. The van der Waals surface area contributed by atoms with Crippen molar-refractivity contribution in [1.29, 1.82) is 0 Å². The fraction of sp³-hybridized carbons (Fsp3) is 0.562. The van der Waals surface area contributed by atoms with E-state index in [-0.39, 0.29) is 11.3 Å². The molecule has 0 aromatic heterocycles. The lowest BCUT2D eigenvalue weighted by atomic mass is 9.75. The van der Waals surface area contributed by atoms with Crippen LogP contribution in [0.2, 0.25) is 0 Å². The first kappa shape index (κ1) is 15.8. The molecule has 2 rings (SSSR count). The average molecular weight is 359 g/mol. The van der Waals surface area contributed by atoms with Gasteiger partial charge in [-0.05, 0) is 43.5 Å². The van der Waals surface area contributed by atoms with Crippen LogP contribution in [0.3, 0.4) is 0 Å². The largest absolute Gasteiger partial charge is 0.351 e. The number of alkyl halides is 1. The minimum atomic E-state index is 0.00469. The predicted octanol–water partition coefficient (Wildman–Crippen LogP) is 4.68. The van der Waals surface area contributed by atoms with Crippen molar-refractivity contribution in [3.63, 3.8) is 0 Å². The summed E-state index contributed by atoms with van der Waals surface area (Å²) in [5, 5.41) is 3.08. The Morgan fingerprint density at radius 2 is 2.05 bits per heavy atom. The Morgan fingerprint density at radius 1 is 1.35 bits per heavy atom. The summed E-state index contributed by atoms with van der Waals surface area (Å²) < 4.78 is 0.996. The number of amides is 1. The average Bonchev–Trinajstić information content (AvgIpc) is 2.46. The first-order valence-electron chi connectivity index (χ1n) is 7.17. The van der Waals surface area contributed by atoms with Gasteiger partial charge in [0.15, 0.2) is 0 Å². The van der Waals surface area contributed by atoms with Crippen LogP contribution in [0.5, 0.6) is 0 Å². The molecule has 0 saturated heterocycles. The standard InChI is InChI=1S/C16H21BrClNO/c1-12-9-13(17)5-6-14(12)15(20)19-11-16(10-18)7-3-2-4-8-16/h5-6,9H,2-4,7-8,10-11H2,1H3,(H,19,20). The van der Waals surface area contributed by atoms with Crippen LogP contribution in [0.1, 0.15) is 48.0 Å². The monoisotopic (exact) mass is 357 g/mol. The van der Waals surface area contributed by atoms with Gasteiger partial charge in [-0.25, -0.2) is 0 Å². The highest BCUT2D eigenvalue weighted by Crippen LogP contribution is 2.36.